The highest BCUT2D eigenvalue weighted by atomic mass is 35.5. The summed E-state index contributed by atoms with van der Waals surface area (Å²) in [6, 6.07) is 7.88. The second-order valence-electron chi connectivity index (χ2n) is 5.76. The molecule has 0 aliphatic heterocycles. The van der Waals surface area contributed by atoms with Gasteiger partial charge in [0.15, 0.2) is 5.11 Å². The van der Waals surface area contributed by atoms with Crippen LogP contribution in [0.3, 0.4) is 0 Å². The number of furan rings is 1. The molecule has 1 amide bonds. The molecule has 25 heavy (non-hydrogen) atoms. The minimum atomic E-state index is -1.15. The summed E-state index contributed by atoms with van der Waals surface area (Å²) < 4.78 is 5.24. The maximum absolute atomic E-state index is 11.7. The summed E-state index contributed by atoms with van der Waals surface area (Å²) in [6.07, 6.45) is 0.381. The zero-order chi connectivity index (χ0) is 18.6. The normalized spacial score (nSPS) is 10.6. The first kappa shape index (κ1) is 19.0. The Morgan fingerprint density at radius 2 is 2.00 bits per heavy atom. The Kier molecular flexibility index (Phi) is 6.17. The Morgan fingerprint density at radius 3 is 2.56 bits per heavy atom. The summed E-state index contributed by atoms with van der Waals surface area (Å²) in [7, 11) is 0. The van der Waals surface area contributed by atoms with Crippen molar-refractivity contribution in [2.24, 2.45) is 5.92 Å². The van der Waals surface area contributed by atoms with Crippen molar-refractivity contribution in [3.05, 3.63) is 41.1 Å². The van der Waals surface area contributed by atoms with E-state index in [-0.39, 0.29) is 22.7 Å². The summed E-state index contributed by atoms with van der Waals surface area (Å²) in [5, 5.41) is 14.9. The zero-order valence-electron chi connectivity index (χ0n) is 13.6. The van der Waals surface area contributed by atoms with Gasteiger partial charge in [0.2, 0.25) is 11.7 Å². The Labute approximate surface area is 155 Å². The average Bonchev–Trinajstić information content (AvgIpc) is 2.95. The Hall–Kier alpha value is -2.38. The highest BCUT2D eigenvalue weighted by Gasteiger charge is 2.13. The molecule has 0 radical (unpaired) electrons. The summed E-state index contributed by atoms with van der Waals surface area (Å²) in [5.41, 5.74) is 1.14. The summed E-state index contributed by atoms with van der Waals surface area (Å²) in [5.74, 6) is -0.889. The molecule has 0 spiro atoms. The van der Waals surface area contributed by atoms with Crippen LogP contribution in [0.4, 0.5) is 5.69 Å². The van der Waals surface area contributed by atoms with Crippen molar-refractivity contribution in [1.82, 2.24) is 5.32 Å². The van der Waals surface area contributed by atoms with Gasteiger partial charge in [0.25, 0.3) is 0 Å². The minimum absolute atomic E-state index is 0.160. The van der Waals surface area contributed by atoms with Crippen LogP contribution in [0.5, 0.6) is 0 Å². The van der Waals surface area contributed by atoms with Crippen molar-refractivity contribution >= 4 is 46.5 Å². The van der Waals surface area contributed by atoms with Gasteiger partial charge in [-0.15, -0.1) is 0 Å². The number of carboxylic acids is 1. The number of anilines is 1. The van der Waals surface area contributed by atoms with E-state index in [9.17, 15) is 9.59 Å². The molecule has 3 N–H and O–H groups in total. The summed E-state index contributed by atoms with van der Waals surface area (Å²) >= 11 is 11.3. The Balaban J connectivity index is 2.07. The molecule has 0 aliphatic rings. The van der Waals surface area contributed by atoms with Crippen molar-refractivity contribution in [2.75, 3.05) is 5.32 Å². The van der Waals surface area contributed by atoms with E-state index in [0.29, 0.717) is 28.5 Å². The maximum Gasteiger partial charge on any atom is 0.371 e. The highest BCUT2D eigenvalue weighted by Crippen LogP contribution is 2.31. The lowest BCUT2D eigenvalue weighted by Gasteiger charge is -2.11. The molecule has 0 saturated heterocycles. The number of rotatable bonds is 5. The van der Waals surface area contributed by atoms with Crippen molar-refractivity contribution in [1.29, 1.82) is 0 Å². The molecule has 8 heteroatoms. The molecule has 0 atom stereocenters. The van der Waals surface area contributed by atoms with E-state index in [1.165, 1.54) is 12.1 Å². The molecule has 1 aromatic heterocycles. The third-order valence-electron chi connectivity index (χ3n) is 3.16. The van der Waals surface area contributed by atoms with Gasteiger partial charge in [0.05, 0.1) is 5.02 Å². The van der Waals surface area contributed by atoms with Gasteiger partial charge < -0.3 is 20.2 Å². The molecule has 0 bridgehead atoms. The van der Waals surface area contributed by atoms with Crippen LogP contribution in [0.1, 0.15) is 30.8 Å². The van der Waals surface area contributed by atoms with E-state index < -0.39 is 5.97 Å². The lowest BCUT2D eigenvalue weighted by atomic mass is 10.1. The van der Waals surface area contributed by atoms with E-state index in [1.54, 1.807) is 18.2 Å². The monoisotopic (exact) mass is 380 g/mol. The third-order valence-corrected chi connectivity index (χ3v) is 3.67. The molecule has 1 heterocycles. The maximum atomic E-state index is 11.7. The van der Waals surface area contributed by atoms with Gasteiger partial charge in [0, 0.05) is 17.7 Å². The van der Waals surface area contributed by atoms with Gasteiger partial charge in [0.1, 0.15) is 5.76 Å². The lowest BCUT2D eigenvalue weighted by molar-refractivity contribution is -0.120. The molecule has 6 nitrogen and oxygen atoms in total. The molecular formula is C17H17ClN2O4S. The number of hydrogen-bond donors (Lipinski definition) is 3. The summed E-state index contributed by atoms with van der Waals surface area (Å²) in [4.78, 5) is 22.6. The van der Waals surface area contributed by atoms with Gasteiger partial charge in [-0.2, -0.15) is 0 Å². The topological polar surface area (TPSA) is 91.6 Å². The van der Waals surface area contributed by atoms with Crippen molar-refractivity contribution in [3.8, 4) is 11.3 Å². The standard InChI is InChI=1S/C17H17ClN2O4S/c1-9(2)7-15(21)20-17(25)19-10-3-4-11(12(18)8-10)13-5-6-14(24-13)16(22)23/h3-6,8-9H,7H2,1-2H3,(H,22,23)(H2,19,20,21,25). The quantitative estimate of drug-likeness (QED) is 0.675. The van der Waals surface area contributed by atoms with Gasteiger partial charge in [-0.1, -0.05) is 25.4 Å². The van der Waals surface area contributed by atoms with Gasteiger partial charge in [-0.3, -0.25) is 4.79 Å². The number of hydrogen-bond acceptors (Lipinski definition) is 4. The van der Waals surface area contributed by atoms with Crippen molar-refractivity contribution in [3.63, 3.8) is 0 Å². The number of benzene rings is 1. The van der Waals surface area contributed by atoms with E-state index in [0.717, 1.165) is 0 Å². The molecular weight excluding hydrogens is 364 g/mol. The zero-order valence-corrected chi connectivity index (χ0v) is 15.2. The molecule has 2 aromatic rings. The first-order valence-electron chi connectivity index (χ1n) is 7.50. The van der Waals surface area contributed by atoms with Crippen molar-refractivity contribution in [2.45, 2.75) is 20.3 Å². The average molecular weight is 381 g/mol. The predicted octanol–water partition coefficient (Wildman–Crippen LogP) is 4.16. The van der Waals surface area contributed by atoms with Gasteiger partial charge in [-0.25, -0.2) is 4.79 Å². The molecule has 0 fully saturated rings. The van der Waals surface area contributed by atoms with E-state index in [1.807, 2.05) is 13.8 Å². The largest absolute Gasteiger partial charge is 0.475 e. The molecule has 132 valence electrons. The van der Waals surface area contributed by atoms with Crippen molar-refractivity contribution < 1.29 is 19.1 Å². The van der Waals surface area contributed by atoms with Crippen LogP contribution in [0.25, 0.3) is 11.3 Å². The Morgan fingerprint density at radius 1 is 1.28 bits per heavy atom. The van der Waals surface area contributed by atoms with Crippen LogP contribution in [-0.4, -0.2) is 22.1 Å². The fourth-order valence-electron chi connectivity index (χ4n) is 2.10. The highest BCUT2D eigenvalue weighted by molar-refractivity contribution is 7.80. The first-order valence-corrected chi connectivity index (χ1v) is 8.28. The van der Waals surface area contributed by atoms with E-state index in [4.69, 9.17) is 33.3 Å². The van der Waals surface area contributed by atoms with Crippen LogP contribution in [0.15, 0.2) is 34.7 Å². The van der Waals surface area contributed by atoms with Crippen LogP contribution >= 0.6 is 23.8 Å². The lowest BCUT2D eigenvalue weighted by Crippen LogP contribution is -2.34. The second kappa shape index (κ2) is 8.13. The molecule has 0 aliphatic carbocycles. The van der Waals surface area contributed by atoms with E-state index >= 15 is 0 Å². The number of carboxylic acid groups (broad SMARTS) is 1. The summed E-state index contributed by atoms with van der Waals surface area (Å²) in [6.45, 7) is 3.89. The van der Waals surface area contributed by atoms with Crippen LogP contribution in [0.2, 0.25) is 5.02 Å². The second-order valence-corrected chi connectivity index (χ2v) is 6.58. The number of carbonyl (C=O) groups excluding carboxylic acids is 1. The molecule has 0 unspecified atom stereocenters. The fraction of sp³-hybridized carbons (Fsp3) is 0.235. The SMILES string of the molecule is CC(C)CC(=O)NC(=S)Nc1ccc(-c2ccc(C(=O)O)o2)c(Cl)c1. The smallest absolute Gasteiger partial charge is 0.371 e. The predicted molar refractivity (Wildman–Crippen MR) is 99.9 cm³/mol. The minimum Gasteiger partial charge on any atom is -0.475 e. The number of amides is 1. The molecule has 0 saturated carbocycles. The van der Waals surface area contributed by atoms with Gasteiger partial charge in [-0.05, 0) is 48.5 Å². The number of halogens is 1. The number of carbonyl (C=O) groups is 2. The number of nitrogens with one attached hydrogen (secondary N) is 2. The Bertz CT molecular complexity index is 817. The number of thiocarbonyl (C=S) groups is 1. The van der Waals surface area contributed by atoms with Crippen LogP contribution in [-0.2, 0) is 4.79 Å². The van der Waals surface area contributed by atoms with Crippen LogP contribution in [0, 0.1) is 5.92 Å². The number of aromatic carboxylic acids is 1. The third kappa shape index (κ3) is 5.30. The van der Waals surface area contributed by atoms with Gasteiger partial charge >= 0.3 is 5.97 Å². The molecule has 2 rings (SSSR count). The fourth-order valence-corrected chi connectivity index (χ4v) is 2.61. The van der Waals surface area contributed by atoms with Crippen LogP contribution < -0.4 is 10.6 Å². The molecule has 1 aromatic carbocycles. The van der Waals surface area contributed by atoms with E-state index in [2.05, 4.69) is 10.6 Å². The first-order chi connectivity index (χ1) is 11.8.